The number of quaternary nitrogens is 1. The maximum Gasteiger partial charge on any atom is 0.161 e. The fourth-order valence-corrected chi connectivity index (χ4v) is 3.94. The summed E-state index contributed by atoms with van der Waals surface area (Å²) in [6, 6.07) is 8.56. The van der Waals surface area contributed by atoms with Gasteiger partial charge in [0.1, 0.15) is 5.69 Å². The van der Waals surface area contributed by atoms with E-state index in [4.69, 9.17) is 0 Å². The van der Waals surface area contributed by atoms with E-state index in [0.29, 0.717) is 30.5 Å². The average molecular weight is 268 g/mol. The van der Waals surface area contributed by atoms with E-state index in [0.717, 1.165) is 4.48 Å². The van der Waals surface area contributed by atoms with Crippen LogP contribution < -0.4 is 4.48 Å². The van der Waals surface area contributed by atoms with Gasteiger partial charge in [-0.1, -0.05) is 26.0 Å². The van der Waals surface area contributed by atoms with Gasteiger partial charge in [0.25, 0.3) is 0 Å². The summed E-state index contributed by atoms with van der Waals surface area (Å²) in [5.74, 6) is 1.11. The topological polar surface area (TPSA) is 34.1 Å². The third-order valence-electron chi connectivity index (χ3n) is 3.95. The first-order valence-corrected chi connectivity index (χ1v) is 8.30. The lowest BCUT2D eigenvalue weighted by Gasteiger charge is -2.37. The van der Waals surface area contributed by atoms with Crippen molar-refractivity contribution in [2.75, 3.05) is 31.6 Å². The van der Waals surface area contributed by atoms with E-state index < -0.39 is 9.84 Å². The Kier molecular flexibility index (Phi) is 3.52. The summed E-state index contributed by atoms with van der Waals surface area (Å²) in [4.78, 5) is 0. The molecule has 0 unspecified atom stereocenters. The smallest absolute Gasteiger partial charge is 0.161 e. The van der Waals surface area contributed by atoms with Gasteiger partial charge in [0.15, 0.2) is 9.84 Å². The van der Waals surface area contributed by atoms with Crippen molar-refractivity contribution >= 4 is 15.5 Å². The minimum Gasteiger partial charge on any atom is -0.292 e. The van der Waals surface area contributed by atoms with Crippen molar-refractivity contribution in [1.29, 1.82) is 0 Å². The highest BCUT2D eigenvalue weighted by molar-refractivity contribution is 7.91. The second-order valence-electron chi connectivity index (χ2n) is 5.74. The van der Waals surface area contributed by atoms with Crippen LogP contribution in [0.3, 0.4) is 0 Å². The fourth-order valence-electron chi connectivity index (χ4n) is 2.37. The van der Waals surface area contributed by atoms with Gasteiger partial charge in [-0.3, -0.25) is 4.48 Å². The summed E-state index contributed by atoms with van der Waals surface area (Å²) in [6.07, 6.45) is 0. The Morgan fingerprint density at radius 2 is 1.78 bits per heavy atom. The van der Waals surface area contributed by atoms with E-state index in [1.54, 1.807) is 0 Å². The number of hydrogen-bond donors (Lipinski definition) is 0. The molecule has 2 rings (SSSR count). The van der Waals surface area contributed by atoms with Gasteiger partial charge in [-0.05, 0) is 17.5 Å². The zero-order valence-corrected chi connectivity index (χ0v) is 12.2. The molecule has 0 radical (unpaired) electrons. The number of benzene rings is 1. The quantitative estimate of drug-likeness (QED) is 0.770. The molecule has 1 saturated heterocycles. The van der Waals surface area contributed by atoms with Crippen molar-refractivity contribution in [2.24, 2.45) is 0 Å². The van der Waals surface area contributed by atoms with Gasteiger partial charge in [-0.2, -0.15) is 0 Å². The number of hydrogen-bond acceptors (Lipinski definition) is 2. The number of nitrogens with zero attached hydrogens (tertiary/aromatic N) is 1. The molecule has 1 aliphatic rings. The highest BCUT2D eigenvalue weighted by atomic mass is 32.2. The second kappa shape index (κ2) is 4.67. The molecule has 0 saturated carbocycles. The molecule has 1 aromatic rings. The van der Waals surface area contributed by atoms with E-state index >= 15 is 0 Å². The maximum atomic E-state index is 11.5. The maximum absolute atomic E-state index is 11.5. The van der Waals surface area contributed by atoms with E-state index in [9.17, 15) is 8.42 Å². The third-order valence-corrected chi connectivity index (χ3v) is 5.56. The molecule has 0 spiro atoms. The summed E-state index contributed by atoms with van der Waals surface area (Å²) >= 11 is 0. The monoisotopic (exact) mass is 268 g/mol. The van der Waals surface area contributed by atoms with E-state index in [1.165, 1.54) is 11.3 Å². The second-order valence-corrected chi connectivity index (χ2v) is 8.05. The zero-order chi connectivity index (χ0) is 13.4. The predicted octanol–water partition coefficient (Wildman–Crippen LogP) is 2.18. The fraction of sp³-hybridized carbons (Fsp3) is 0.571. The molecule has 1 fully saturated rings. The van der Waals surface area contributed by atoms with Crippen LogP contribution in [0.2, 0.25) is 0 Å². The van der Waals surface area contributed by atoms with Crippen LogP contribution in [0, 0.1) is 0 Å². The van der Waals surface area contributed by atoms with Gasteiger partial charge in [-0.25, -0.2) is 8.42 Å². The highest BCUT2D eigenvalue weighted by Crippen LogP contribution is 2.27. The molecule has 0 bridgehead atoms. The van der Waals surface area contributed by atoms with Gasteiger partial charge >= 0.3 is 0 Å². The van der Waals surface area contributed by atoms with Crippen LogP contribution in [0.4, 0.5) is 5.69 Å². The summed E-state index contributed by atoms with van der Waals surface area (Å²) in [5, 5.41) is 0. The molecule has 0 atom stereocenters. The summed E-state index contributed by atoms with van der Waals surface area (Å²) < 4.78 is 23.8. The molecule has 4 heteroatoms. The number of rotatable bonds is 2. The Morgan fingerprint density at radius 1 is 1.17 bits per heavy atom. The van der Waals surface area contributed by atoms with E-state index in [-0.39, 0.29) is 0 Å². The summed E-state index contributed by atoms with van der Waals surface area (Å²) in [6.45, 7) is 5.73. The van der Waals surface area contributed by atoms with Crippen LogP contribution >= 0.6 is 0 Å². The van der Waals surface area contributed by atoms with E-state index in [1.807, 2.05) is 0 Å². The van der Waals surface area contributed by atoms with Gasteiger partial charge in [-0.15, -0.1) is 0 Å². The Bertz CT molecular complexity index is 520. The minimum atomic E-state index is -2.80. The van der Waals surface area contributed by atoms with Crippen molar-refractivity contribution in [3.63, 3.8) is 0 Å². The molecule has 1 aromatic carbocycles. The van der Waals surface area contributed by atoms with Gasteiger partial charge < -0.3 is 0 Å². The largest absolute Gasteiger partial charge is 0.292 e. The van der Waals surface area contributed by atoms with Crippen molar-refractivity contribution in [3.05, 3.63) is 29.8 Å². The first kappa shape index (κ1) is 13.6. The Hall–Kier alpha value is -0.870. The van der Waals surface area contributed by atoms with Crippen LogP contribution in [-0.2, 0) is 9.84 Å². The molecule has 3 nitrogen and oxygen atoms in total. The molecule has 18 heavy (non-hydrogen) atoms. The van der Waals surface area contributed by atoms with E-state index in [2.05, 4.69) is 45.2 Å². The van der Waals surface area contributed by atoms with Crippen molar-refractivity contribution in [2.45, 2.75) is 19.8 Å². The standard InChI is InChI=1S/C14H22NO2S/c1-12(2)13-5-4-6-14(11-13)15(3)7-9-18(16,17)10-8-15/h4-6,11-12H,7-10H2,1-3H3/q+1. The number of sulfone groups is 1. The van der Waals surface area contributed by atoms with Crippen molar-refractivity contribution in [1.82, 2.24) is 4.48 Å². The Morgan fingerprint density at radius 3 is 2.33 bits per heavy atom. The third kappa shape index (κ3) is 2.75. The van der Waals surface area contributed by atoms with Gasteiger partial charge in [0.05, 0.1) is 31.6 Å². The lowest BCUT2D eigenvalue weighted by Crippen LogP contribution is -2.55. The van der Waals surface area contributed by atoms with Crippen LogP contribution in [0.25, 0.3) is 0 Å². The normalized spacial score (nSPS) is 22.0. The molecule has 0 aromatic heterocycles. The Balaban J connectivity index is 2.28. The SMILES string of the molecule is CC(C)c1cccc([N+]2(C)CCS(=O)(=O)CC2)c1. The van der Waals surface area contributed by atoms with Gasteiger partial charge in [0.2, 0.25) is 0 Å². The predicted molar refractivity (Wildman–Crippen MR) is 76.6 cm³/mol. The average Bonchev–Trinajstić information content (AvgIpc) is 2.34. The van der Waals surface area contributed by atoms with Crippen LogP contribution in [0.5, 0.6) is 0 Å². The van der Waals surface area contributed by atoms with Crippen molar-refractivity contribution < 1.29 is 8.42 Å². The zero-order valence-electron chi connectivity index (χ0n) is 11.4. The van der Waals surface area contributed by atoms with Crippen LogP contribution in [0.15, 0.2) is 24.3 Å². The van der Waals surface area contributed by atoms with Crippen molar-refractivity contribution in [3.8, 4) is 0 Å². The van der Waals surface area contributed by atoms with Crippen LogP contribution in [0.1, 0.15) is 25.3 Å². The lowest BCUT2D eigenvalue weighted by molar-refractivity contribution is 0.353. The van der Waals surface area contributed by atoms with Gasteiger partial charge in [0, 0.05) is 6.07 Å². The molecule has 0 amide bonds. The Labute approximate surface area is 110 Å². The first-order valence-electron chi connectivity index (χ1n) is 6.48. The minimum absolute atomic E-state index is 0.301. The molecular weight excluding hydrogens is 246 g/mol. The molecular formula is C14H22NO2S+. The molecule has 100 valence electrons. The first-order chi connectivity index (χ1) is 8.32. The highest BCUT2D eigenvalue weighted by Gasteiger charge is 2.34. The summed E-state index contributed by atoms with van der Waals surface area (Å²) in [7, 11) is -0.671. The molecule has 1 heterocycles. The van der Waals surface area contributed by atoms with Crippen LogP contribution in [-0.4, -0.2) is 40.1 Å². The molecule has 0 aliphatic carbocycles. The molecule has 0 N–H and O–H groups in total. The summed E-state index contributed by atoms with van der Waals surface area (Å²) in [5.41, 5.74) is 2.55. The lowest BCUT2D eigenvalue weighted by atomic mass is 10.0. The molecule has 1 aliphatic heterocycles.